The fourth-order valence-electron chi connectivity index (χ4n) is 1.84. The number of ether oxygens (including phenoxy) is 1. The van der Waals surface area contributed by atoms with Crippen molar-refractivity contribution < 1.29 is 4.74 Å². The number of anilines is 1. The summed E-state index contributed by atoms with van der Waals surface area (Å²) in [6, 6.07) is 5.75. The third-order valence-corrected chi connectivity index (χ3v) is 3.50. The maximum absolute atomic E-state index is 5.47. The van der Waals surface area contributed by atoms with Gasteiger partial charge in [-0.3, -0.25) is 4.98 Å². The summed E-state index contributed by atoms with van der Waals surface area (Å²) in [5, 5.41) is 1.44. The SMILES string of the molecule is CCOc1ccc2nc(Sc3cncc(NN)n3)[nH]c2c1. The molecule has 0 fully saturated rings. The van der Waals surface area contributed by atoms with Crippen molar-refractivity contribution in [1.29, 1.82) is 0 Å². The van der Waals surface area contributed by atoms with Crippen molar-refractivity contribution in [2.75, 3.05) is 12.0 Å². The van der Waals surface area contributed by atoms with Crippen molar-refractivity contribution in [3.63, 3.8) is 0 Å². The third-order valence-electron chi connectivity index (χ3n) is 2.70. The Labute approximate surface area is 125 Å². The van der Waals surface area contributed by atoms with E-state index in [-0.39, 0.29) is 0 Å². The van der Waals surface area contributed by atoms with Crippen LogP contribution in [-0.2, 0) is 0 Å². The molecule has 0 saturated heterocycles. The first-order valence-electron chi connectivity index (χ1n) is 6.37. The van der Waals surface area contributed by atoms with Gasteiger partial charge in [0.2, 0.25) is 0 Å². The molecule has 0 aliphatic carbocycles. The highest BCUT2D eigenvalue weighted by molar-refractivity contribution is 7.99. The zero-order chi connectivity index (χ0) is 14.7. The molecule has 2 aromatic heterocycles. The summed E-state index contributed by atoms with van der Waals surface area (Å²) in [6.07, 6.45) is 3.21. The number of benzene rings is 1. The Morgan fingerprint density at radius 3 is 3.05 bits per heavy atom. The number of nitrogen functional groups attached to an aromatic ring is 1. The second kappa shape index (κ2) is 5.98. The highest BCUT2D eigenvalue weighted by Crippen LogP contribution is 2.27. The monoisotopic (exact) mass is 302 g/mol. The second-order valence-electron chi connectivity index (χ2n) is 4.14. The van der Waals surface area contributed by atoms with Gasteiger partial charge in [0.05, 0.1) is 30.0 Å². The number of nitrogens with zero attached hydrogens (tertiary/aromatic N) is 3. The van der Waals surface area contributed by atoms with E-state index in [0.29, 0.717) is 17.5 Å². The van der Waals surface area contributed by atoms with E-state index in [4.69, 9.17) is 10.6 Å². The highest BCUT2D eigenvalue weighted by atomic mass is 32.2. The van der Waals surface area contributed by atoms with Crippen LogP contribution in [-0.4, -0.2) is 26.5 Å². The van der Waals surface area contributed by atoms with E-state index in [1.165, 1.54) is 11.8 Å². The lowest BCUT2D eigenvalue weighted by Gasteiger charge is -2.01. The molecule has 0 atom stereocenters. The van der Waals surface area contributed by atoms with Gasteiger partial charge in [-0.2, -0.15) is 0 Å². The lowest BCUT2D eigenvalue weighted by molar-refractivity contribution is 0.340. The molecule has 0 aliphatic rings. The molecule has 3 rings (SSSR count). The van der Waals surface area contributed by atoms with Crippen LogP contribution in [0.5, 0.6) is 5.75 Å². The molecule has 21 heavy (non-hydrogen) atoms. The lowest BCUT2D eigenvalue weighted by Crippen LogP contribution is -2.08. The van der Waals surface area contributed by atoms with E-state index in [2.05, 4.69) is 25.4 Å². The average molecular weight is 302 g/mol. The number of H-pyrrole nitrogens is 1. The highest BCUT2D eigenvalue weighted by Gasteiger charge is 2.07. The molecule has 0 radical (unpaired) electrons. The molecule has 1 aromatic carbocycles. The van der Waals surface area contributed by atoms with Crippen molar-refractivity contribution in [2.45, 2.75) is 17.1 Å². The number of hydrazine groups is 1. The normalized spacial score (nSPS) is 10.8. The number of imidazole rings is 1. The molecule has 2 heterocycles. The molecule has 0 aliphatic heterocycles. The summed E-state index contributed by atoms with van der Waals surface area (Å²) in [4.78, 5) is 16.1. The maximum atomic E-state index is 5.47. The second-order valence-corrected chi connectivity index (χ2v) is 5.15. The first kappa shape index (κ1) is 13.7. The molecule has 8 heteroatoms. The predicted octanol–water partition coefficient (Wildman–Crippen LogP) is 2.19. The summed E-state index contributed by atoms with van der Waals surface area (Å²) in [7, 11) is 0. The number of hydrogen-bond acceptors (Lipinski definition) is 7. The van der Waals surface area contributed by atoms with Gasteiger partial charge in [0, 0.05) is 6.07 Å². The minimum absolute atomic E-state index is 0.509. The Bertz CT molecular complexity index is 759. The van der Waals surface area contributed by atoms with E-state index >= 15 is 0 Å². The van der Waals surface area contributed by atoms with Gasteiger partial charge in [-0.15, -0.1) is 0 Å². The molecule has 108 valence electrons. The molecule has 3 aromatic rings. The summed E-state index contributed by atoms with van der Waals surface area (Å²) < 4.78 is 5.47. The van der Waals surface area contributed by atoms with E-state index in [1.54, 1.807) is 12.4 Å². The Morgan fingerprint density at radius 2 is 2.24 bits per heavy atom. The summed E-state index contributed by atoms with van der Waals surface area (Å²) in [5.74, 6) is 6.65. The van der Waals surface area contributed by atoms with Crippen LogP contribution in [0.3, 0.4) is 0 Å². The van der Waals surface area contributed by atoms with Crippen LogP contribution in [0.1, 0.15) is 6.92 Å². The first-order valence-corrected chi connectivity index (χ1v) is 7.19. The molecule has 0 unspecified atom stereocenters. The smallest absolute Gasteiger partial charge is 0.172 e. The van der Waals surface area contributed by atoms with Crippen LogP contribution in [0.15, 0.2) is 40.8 Å². The Morgan fingerprint density at radius 1 is 1.33 bits per heavy atom. The summed E-state index contributed by atoms with van der Waals surface area (Å²) in [5.41, 5.74) is 4.26. The van der Waals surface area contributed by atoms with Crippen LogP contribution in [0.4, 0.5) is 5.82 Å². The molecular weight excluding hydrogens is 288 g/mol. The maximum Gasteiger partial charge on any atom is 0.172 e. The first-order chi connectivity index (χ1) is 10.3. The fourth-order valence-corrected chi connectivity index (χ4v) is 2.60. The Hall–Kier alpha value is -2.32. The number of rotatable bonds is 5. The van der Waals surface area contributed by atoms with E-state index < -0.39 is 0 Å². The predicted molar refractivity (Wildman–Crippen MR) is 81.2 cm³/mol. The van der Waals surface area contributed by atoms with Gasteiger partial charge in [0.1, 0.15) is 10.8 Å². The van der Waals surface area contributed by atoms with E-state index in [9.17, 15) is 0 Å². The number of hydrogen-bond donors (Lipinski definition) is 3. The van der Waals surface area contributed by atoms with Crippen molar-refractivity contribution >= 4 is 28.6 Å². The summed E-state index contributed by atoms with van der Waals surface area (Å²) >= 11 is 1.39. The van der Waals surface area contributed by atoms with E-state index in [1.807, 2.05) is 25.1 Å². The van der Waals surface area contributed by atoms with Crippen LogP contribution in [0.2, 0.25) is 0 Å². The number of nitrogens with one attached hydrogen (secondary N) is 2. The summed E-state index contributed by atoms with van der Waals surface area (Å²) in [6.45, 7) is 2.59. The minimum atomic E-state index is 0.509. The number of aromatic nitrogens is 4. The molecule has 0 spiro atoms. The van der Waals surface area contributed by atoms with Crippen LogP contribution in [0, 0.1) is 0 Å². The minimum Gasteiger partial charge on any atom is -0.494 e. The third kappa shape index (κ3) is 3.06. The van der Waals surface area contributed by atoms with Crippen LogP contribution < -0.4 is 16.0 Å². The number of aromatic amines is 1. The topological polar surface area (TPSA) is 102 Å². The molecule has 0 saturated carbocycles. The number of fused-ring (bicyclic) bond motifs is 1. The number of nitrogens with two attached hydrogens (primary N) is 1. The molecular formula is C13H14N6OS. The van der Waals surface area contributed by atoms with Crippen LogP contribution in [0.25, 0.3) is 11.0 Å². The van der Waals surface area contributed by atoms with Gasteiger partial charge in [-0.1, -0.05) is 0 Å². The zero-order valence-corrected chi connectivity index (χ0v) is 12.1. The van der Waals surface area contributed by atoms with Crippen molar-refractivity contribution in [3.05, 3.63) is 30.6 Å². The van der Waals surface area contributed by atoms with Gasteiger partial charge in [-0.05, 0) is 30.8 Å². The lowest BCUT2D eigenvalue weighted by atomic mass is 10.3. The zero-order valence-electron chi connectivity index (χ0n) is 11.3. The standard InChI is InChI=1S/C13H14N6OS/c1-2-20-8-3-4-9-10(5-8)17-13(16-9)21-12-7-15-6-11(18-12)19-14/h3-7H,2,14H2,1H3,(H,16,17)(H,18,19). The van der Waals surface area contributed by atoms with Gasteiger partial charge in [0.15, 0.2) is 11.0 Å². The van der Waals surface area contributed by atoms with Crippen molar-refractivity contribution in [3.8, 4) is 5.75 Å². The molecule has 0 amide bonds. The van der Waals surface area contributed by atoms with Gasteiger partial charge in [0.25, 0.3) is 0 Å². The van der Waals surface area contributed by atoms with Crippen molar-refractivity contribution in [2.24, 2.45) is 5.84 Å². The average Bonchev–Trinajstić information content (AvgIpc) is 2.89. The van der Waals surface area contributed by atoms with Gasteiger partial charge >= 0.3 is 0 Å². The quantitative estimate of drug-likeness (QED) is 0.490. The molecule has 4 N–H and O–H groups in total. The molecule has 7 nitrogen and oxygen atoms in total. The van der Waals surface area contributed by atoms with Crippen molar-refractivity contribution in [1.82, 2.24) is 19.9 Å². The largest absolute Gasteiger partial charge is 0.494 e. The van der Waals surface area contributed by atoms with Gasteiger partial charge in [-0.25, -0.2) is 15.8 Å². The molecule has 0 bridgehead atoms. The van der Waals surface area contributed by atoms with Gasteiger partial charge < -0.3 is 15.1 Å². The van der Waals surface area contributed by atoms with E-state index in [0.717, 1.165) is 21.9 Å². The fraction of sp³-hybridized carbons (Fsp3) is 0.154. The Balaban J connectivity index is 1.86. The Kier molecular flexibility index (Phi) is 3.89. The van der Waals surface area contributed by atoms with Crippen LogP contribution >= 0.6 is 11.8 Å².